The van der Waals surface area contributed by atoms with E-state index in [1.807, 2.05) is 31.2 Å². The number of hydrogen-bond donors (Lipinski definition) is 3. The highest BCUT2D eigenvalue weighted by atomic mass is 35.5. The number of methoxy groups -OCH3 is 1. The van der Waals surface area contributed by atoms with Crippen molar-refractivity contribution in [2.75, 3.05) is 12.4 Å². The van der Waals surface area contributed by atoms with E-state index in [2.05, 4.69) is 16.2 Å². The number of benzene rings is 2. The van der Waals surface area contributed by atoms with Gasteiger partial charge in [-0.2, -0.15) is 0 Å². The van der Waals surface area contributed by atoms with Gasteiger partial charge >= 0.3 is 5.97 Å². The van der Waals surface area contributed by atoms with Crippen molar-refractivity contribution in [2.24, 2.45) is 0 Å². The highest BCUT2D eigenvalue weighted by Crippen LogP contribution is 2.28. The van der Waals surface area contributed by atoms with Gasteiger partial charge in [-0.3, -0.25) is 4.79 Å². The maximum atomic E-state index is 12.6. The van der Waals surface area contributed by atoms with E-state index in [-0.39, 0.29) is 11.9 Å². The predicted molar refractivity (Wildman–Crippen MR) is 100 cm³/mol. The number of hydrogen-bond acceptors (Lipinski definition) is 5. The van der Waals surface area contributed by atoms with Crippen molar-refractivity contribution >= 4 is 29.2 Å². The van der Waals surface area contributed by atoms with Crippen LogP contribution in [0.2, 0.25) is 5.02 Å². The Balaban J connectivity index is 1.66. The highest BCUT2D eigenvalue weighted by Gasteiger charge is 2.31. The molecular formula is C19H20ClN3O3. The molecule has 2 aromatic rings. The third kappa shape index (κ3) is 3.88. The number of esters is 1. The summed E-state index contributed by atoms with van der Waals surface area (Å²) in [6, 6.07) is 12.2. The number of rotatable bonds is 4. The summed E-state index contributed by atoms with van der Waals surface area (Å²) >= 11 is 6.23. The van der Waals surface area contributed by atoms with Crippen LogP contribution in [0.15, 0.2) is 42.5 Å². The first kappa shape index (κ1) is 18.4. The van der Waals surface area contributed by atoms with E-state index in [9.17, 15) is 9.59 Å². The monoisotopic (exact) mass is 373 g/mol. The van der Waals surface area contributed by atoms with Gasteiger partial charge in [-0.05, 0) is 48.7 Å². The second kappa shape index (κ2) is 7.86. The van der Waals surface area contributed by atoms with Crippen LogP contribution in [0.3, 0.4) is 0 Å². The molecule has 0 aliphatic carbocycles. The molecule has 0 saturated carbocycles. The van der Waals surface area contributed by atoms with Crippen LogP contribution in [-0.4, -0.2) is 25.0 Å². The maximum absolute atomic E-state index is 12.6. The summed E-state index contributed by atoms with van der Waals surface area (Å²) in [5.74, 6) is -0.559. The molecule has 3 N–H and O–H groups in total. The lowest BCUT2D eigenvalue weighted by atomic mass is 10.0. The number of aryl methyl sites for hydroxylation is 1. The van der Waals surface area contributed by atoms with Crippen LogP contribution in [0.5, 0.6) is 0 Å². The summed E-state index contributed by atoms with van der Waals surface area (Å²) in [4.78, 5) is 24.1. The number of amides is 1. The molecule has 2 unspecified atom stereocenters. The van der Waals surface area contributed by atoms with Crippen molar-refractivity contribution in [2.45, 2.75) is 25.4 Å². The van der Waals surface area contributed by atoms with Gasteiger partial charge in [0.15, 0.2) is 0 Å². The van der Waals surface area contributed by atoms with Crippen LogP contribution in [-0.2, 0) is 9.53 Å². The molecule has 2 atom stereocenters. The summed E-state index contributed by atoms with van der Waals surface area (Å²) in [5.41, 5.74) is 8.98. The maximum Gasteiger partial charge on any atom is 0.337 e. The molecule has 1 aliphatic heterocycles. The Bertz CT molecular complexity index is 841. The lowest BCUT2D eigenvalue weighted by Gasteiger charge is -2.13. The molecule has 1 amide bonds. The van der Waals surface area contributed by atoms with E-state index in [0.717, 1.165) is 11.1 Å². The third-order valence-electron chi connectivity index (χ3n) is 4.41. The lowest BCUT2D eigenvalue weighted by molar-refractivity contribution is -0.117. The molecule has 0 bridgehead atoms. The number of carbonyl (C=O) groups is 2. The van der Waals surface area contributed by atoms with E-state index in [1.54, 1.807) is 18.2 Å². The molecule has 0 spiro atoms. The van der Waals surface area contributed by atoms with E-state index in [1.165, 1.54) is 7.11 Å². The minimum Gasteiger partial charge on any atom is -0.465 e. The van der Waals surface area contributed by atoms with Crippen LogP contribution in [0, 0.1) is 6.92 Å². The second-order valence-corrected chi connectivity index (χ2v) is 6.57. The van der Waals surface area contributed by atoms with Crippen LogP contribution < -0.4 is 16.2 Å². The molecule has 7 heteroatoms. The Morgan fingerprint density at radius 3 is 2.65 bits per heavy atom. The molecule has 1 aliphatic rings. The molecule has 26 heavy (non-hydrogen) atoms. The molecule has 0 radical (unpaired) electrons. The zero-order valence-corrected chi connectivity index (χ0v) is 15.3. The predicted octanol–water partition coefficient (Wildman–Crippen LogP) is 2.98. The number of carbonyl (C=O) groups excluding carboxylic acids is 2. The number of anilines is 1. The molecular weight excluding hydrogens is 354 g/mol. The fourth-order valence-corrected chi connectivity index (χ4v) is 3.23. The molecule has 1 fully saturated rings. The second-order valence-electron chi connectivity index (χ2n) is 6.16. The van der Waals surface area contributed by atoms with E-state index in [0.29, 0.717) is 22.7 Å². The fraction of sp³-hybridized carbons (Fsp3) is 0.263. The Hall–Kier alpha value is -2.41. The minimum atomic E-state index is -0.407. The Labute approximate surface area is 156 Å². The molecule has 6 nitrogen and oxygen atoms in total. The Kier molecular flexibility index (Phi) is 5.56. The lowest BCUT2D eigenvalue weighted by Crippen LogP contribution is -2.39. The van der Waals surface area contributed by atoms with E-state index in [4.69, 9.17) is 16.3 Å². The summed E-state index contributed by atoms with van der Waals surface area (Å²) in [7, 11) is 1.33. The summed E-state index contributed by atoms with van der Waals surface area (Å²) < 4.78 is 4.70. The fourth-order valence-electron chi connectivity index (χ4n) is 2.96. The molecule has 3 rings (SSSR count). The van der Waals surface area contributed by atoms with Gasteiger partial charge in [0.05, 0.1) is 12.7 Å². The van der Waals surface area contributed by atoms with Crippen molar-refractivity contribution in [1.82, 2.24) is 10.9 Å². The van der Waals surface area contributed by atoms with Crippen molar-refractivity contribution < 1.29 is 14.3 Å². The average Bonchev–Trinajstić information content (AvgIpc) is 3.13. The van der Waals surface area contributed by atoms with Gasteiger partial charge in [-0.25, -0.2) is 15.6 Å². The number of hydrazine groups is 1. The molecule has 0 aromatic heterocycles. The SMILES string of the molecule is COC(=O)c1ccc(NC(=O)C2CC(c3ccccc3Cl)NN2)c(C)c1. The van der Waals surface area contributed by atoms with Gasteiger partial charge in [-0.1, -0.05) is 29.8 Å². The summed E-state index contributed by atoms with van der Waals surface area (Å²) in [6.07, 6.45) is 0.578. The summed E-state index contributed by atoms with van der Waals surface area (Å²) in [5, 5.41) is 3.57. The van der Waals surface area contributed by atoms with E-state index >= 15 is 0 Å². The first-order valence-corrected chi connectivity index (χ1v) is 8.62. The number of nitrogens with one attached hydrogen (secondary N) is 3. The third-order valence-corrected chi connectivity index (χ3v) is 4.75. The van der Waals surface area contributed by atoms with Crippen molar-refractivity contribution in [3.63, 3.8) is 0 Å². The number of halogens is 1. The van der Waals surface area contributed by atoms with Crippen molar-refractivity contribution in [3.05, 3.63) is 64.2 Å². The Morgan fingerprint density at radius 1 is 1.19 bits per heavy atom. The smallest absolute Gasteiger partial charge is 0.337 e. The zero-order chi connectivity index (χ0) is 18.7. The largest absolute Gasteiger partial charge is 0.465 e. The van der Waals surface area contributed by atoms with Gasteiger partial charge in [-0.15, -0.1) is 0 Å². The average molecular weight is 374 g/mol. The summed E-state index contributed by atoms with van der Waals surface area (Å²) in [6.45, 7) is 1.83. The molecule has 2 aromatic carbocycles. The van der Waals surface area contributed by atoms with Crippen LogP contribution in [0.4, 0.5) is 5.69 Å². The zero-order valence-electron chi connectivity index (χ0n) is 14.5. The van der Waals surface area contributed by atoms with Crippen molar-refractivity contribution in [1.29, 1.82) is 0 Å². The van der Waals surface area contributed by atoms with Crippen LogP contribution in [0.25, 0.3) is 0 Å². The molecule has 1 heterocycles. The van der Waals surface area contributed by atoms with Gasteiger partial charge in [0.25, 0.3) is 0 Å². The van der Waals surface area contributed by atoms with Gasteiger partial charge in [0.1, 0.15) is 6.04 Å². The van der Waals surface area contributed by atoms with Gasteiger partial charge in [0.2, 0.25) is 5.91 Å². The minimum absolute atomic E-state index is 0.0396. The molecule has 1 saturated heterocycles. The first-order valence-electron chi connectivity index (χ1n) is 8.25. The van der Waals surface area contributed by atoms with E-state index < -0.39 is 12.0 Å². The van der Waals surface area contributed by atoms with Crippen molar-refractivity contribution in [3.8, 4) is 0 Å². The van der Waals surface area contributed by atoms with Crippen LogP contribution >= 0.6 is 11.6 Å². The first-order chi connectivity index (χ1) is 12.5. The number of ether oxygens (including phenoxy) is 1. The van der Waals surface area contributed by atoms with Gasteiger partial charge in [0, 0.05) is 16.8 Å². The quantitative estimate of drug-likeness (QED) is 0.718. The van der Waals surface area contributed by atoms with Crippen LogP contribution in [0.1, 0.15) is 33.9 Å². The molecule has 136 valence electrons. The van der Waals surface area contributed by atoms with Gasteiger partial charge < -0.3 is 10.1 Å². The Morgan fingerprint density at radius 2 is 1.96 bits per heavy atom. The normalized spacial score (nSPS) is 19.2. The standard InChI is InChI=1S/C19H20ClN3O3/c1-11-9-12(19(25)26-2)7-8-15(11)21-18(24)17-10-16(22-23-17)13-5-3-4-6-14(13)20/h3-9,16-17,22-23H,10H2,1-2H3,(H,21,24). The highest BCUT2D eigenvalue weighted by molar-refractivity contribution is 6.31. The topological polar surface area (TPSA) is 79.5 Å².